The van der Waals surface area contributed by atoms with Gasteiger partial charge >= 0.3 is 0 Å². The van der Waals surface area contributed by atoms with E-state index in [0.29, 0.717) is 0 Å². The summed E-state index contributed by atoms with van der Waals surface area (Å²) in [4.78, 5) is 54.6. The molecule has 0 bridgehead atoms. The van der Waals surface area contributed by atoms with E-state index < -0.39 is 0 Å². The van der Waals surface area contributed by atoms with Crippen LogP contribution in [0.2, 0.25) is 0 Å². The summed E-state index contributed by atoms with van der Waals surface area (Å²) < 4.78 is 0. The second kappa shape index (κ2) is 11.7. The summed E-state index contributed by atoms with van der Waals surface area (Å²) in [6.45, 7) is 0. The number of carbonyl (C=O) groups is 2. The molecule has 4 nitrogen and oxygen atoms in total. The Bertz CT molecular complexity index is 4760. The first-order valence-corrected chi connectivity index (χ1v) is 23.3. The molecule has 4 aliphatic rings. The van der Waals surface area contributed by atoms with Crippen LogP contribution in [-0.2, 0) is 0 Å². The zero-order chi connectivity index (χ0) is 44.6. The second-order valence-corrected chi connectivity index (χ2v) is 19.3. The average Bonchev–Trinajstić information content (AvgIpc) is 3.39. The van der Waals surface area contributed by atoms with Gasteiger partial charge in [0, 0.05) is 70.4 Å². The second-order valence-electron chi connectivity index (χ2n) is 19.3. The molecule has 18 rings (SSSR count). The molecule has 2 atom stereocenters. The van der Waals surface area contributed by atoms with Gasteiger partial charge in [-0.1, -0.05) is 170 Å². The summed E-state index contributed by atoms with van der Waals surface area (Å²) in [5, 5.41) is 24.1. The Morgan fingerprint density at radius 3 is 1.50 bits per heavy atom. The van der Waals surface area contributed by atoms with Crippen molar-refractivity contribution >= 4 is 142 Å². The molecule has 14 aromatic carbocycles. The van der Waals surface area contributed by atoms with Gasteiger partial charge in [-0.3, -0.25) is 19.2 Å². The lowest BCUT2D eigenvalue weighted by atomic mass is 9.68. The third kappa shape index (κ3) is 3.82. The first kappa shape index (κ1) is 35.4. The van der Waals surface area contributed by atoms with Crippen molar-refractivity contribution in [1.82, 2.24) is 0 Å². The summed E-state index contributed by atoms with van der Waals surface area (Å²) >= 11 is 0. The predicted octanol–water partition coefficient (Wildman–Crippen LogP) is 13.7. The van der Waals surface area contributed by atoms with Gasteiger partial charge in [-0.2, -0.15) is 0 Å². The zero-order valence-corrected chi connectivity index (χ0v) is 36.0. The van der Waals surface area contributed by atoms with Gasteiger partial charge in [-0.05, 0) is 92.3 Å². The highest BCUT2D eigenvalue weighted by atomic mass is 16.1. The Morgan fingerprint density at radius 2 is 0.868 bits per heavy atom. The molecule has 0 fully saturated rings. The summed E-state index contributed by atoms with van der Waals surface area (Å²) in [5.74, 6) is -0.200. The number of Topliss-reactive ketones (excluding diaryl/α,β-unsaturated/α-hetero) is 2. The molecule has 0 N–H and O–H groups in total. The molecule has 0 aromatic heterocycles. The number of hydrogen-bond acceptors (Lipinski definition) is 4. The fourth-order valence-electron chi connectivity index (χ4n) is 13.9. The summed E-state index contributed by atoms with van der Waals surface area (Å²) in [6, 6.07) is 45.0. The largest absolute Gasteiger partial charge is 0.293 e. The van der Waals surface area contributed by atoms with Crippen LogP contribution in [0.1, 0.15) is 37.8 Å². The highest BCUT2D eigenvalue weighted by Gasteiger charge is 2.38. The number of benzene rings is 14. The van der Waals surface area contributed by atoms with Gasteiger partial charge in [-0.25, -0.2) is 0 Å². The molecule has 0 saturated heterocycles. The summed E-state index contributed by atoms with van der Waals surface area (Å²) in [5.41, 5.74) is 7.35. The first-order valence-electron chi connectivity index (χ1n) is 23.3. The topological polar surface area (TPSA) is 68.3 Å². The third-order valence-electron chi connectivity index (χ3n) is 16.5. The third-order valence-corrected chi connectivity index (χ3v) is 16.5. The van der Waals surface area contributed by atoms with Crippen LogP contribution in [0.3, 0.4) is 0 Å². The van der Waals surface area contributed by atoms with Crippen molar-refractivity contribution in [2.24, 2.45) is 5.92 Å². The Balaban J connectivity index is 0.000000119. The predicted molar refractivity (Wildman–Crippen MR) is 280 cm³/mol. The van der Waals surface area contributed by atoms with Gasteiger partial charge in [0.15, 0.2) is 22.4 Å². The van der Waals surface area contributed by atoms with E-state index in [-0.39, 0.29) is 34.3 Å². The van der Waals surface area contributed by atoms with Crippen LogP contribution in [0.4, 0.5) is 0 Å². The maximum Gasteiger partial charge on any atom is 0.194 e. The standard InChI is InChI=1S/C36H18O2.C28H12O2/c37-35-21-7-3-1-5-19(21)29-23-13-9-18-12-16-26-34-28(18)31(23)32-24(14-10-17-11-15-25(35)33(29)27(17)32)30(34)20-6-2-4-8-22(20)36(26)38;29-27-17-9-1-5-13-14-6-2-11-19-22(14)26-24-16(8-4-12-20(24)28(19)30)15-7-3-10-18(27)23(15)25(26)21(13)17/h1-16,21,26H;1-12H. The molecule has 68 heavy (non-hydrogen) atoms. The number of ketones is 2. The van der Waals surface area contributed by atoms with Crippen LogP contribution in [-0.4, -0.2) is 11.6 Å². The fraction of sp³-hybridized carbons (Fsp3) is 0.0312. The lowest BCUT2D eigenvalue weighted by Crippen LogP contribution is -2.28. The lowest BCUT2D eigenvalue weighted by molar-refractivity contribution is 0.0964. The van der Waals surface area contributed by atoms with E-state index in [0.717, 1.165) is 120 Å². The Hall–Kier alpha value is -8.86. The maximum absolute atomic E-state index is 13.8. The average molecular weight is 863 g/mol. The lowest BCUT2D eigenvalue weighted by Gasteiger charge is -2.33. The zero-order valence-electron chi connectivity index (χ0n) is 36.0. The molecule has 4 aliphatic carbocycles. The van der Waals surface area contributed by atoms with Crippen LogP contribution in [0.25, 0.3) is 141 Å². The molecular formula is C64H30O4. The quantitative estimate of drug-likeness (QED) is 0.112. The Morgan fingerprint density at radius 1 is 0.324 bits per heavy atom. The molecule has 0 aliphatic heterocycles. The molecule has 0 spiro atoms. The minimum absolute atomic E-state index is 0.0825. The van der Waals surface area contributed by atoms with Crippen molar-refractivity contribution in [2.75, 3.05) is 0 Å². The molecule has 310 valence electrons. The van der Waals surface area contributed by atoms with Crippen LogP contribution in [0.5, 0.6) is 0 Å². The van der Waals surface area contributed by atoms with E-state index in [2.05, 4.69) is 78.9 Å². The molecule has 0 amide bonds. The maximum atomic E-state index is 13.8. The van der Waals surface area contributed by atoms with Gasteiger partial charge in [0.1, 0.15) is 0 Å². The molecule has 4 heteroatoms. The molecular weight excluding hydrogens is 833 g/mol. The number of fused-ring (bicyclic) bond motifs is 7. The number of allylic oxidation sites excluding steroid dienone is 5. The van der Waals surface area contributed by atoms with E-state index in [9.17, 15) is 19.2 Å². The van der Waals surface area contributed by atoms with Crippen LogP contribution in [0, 0.1) is 5.92 Å². The van der Waals surface area contributed by atoms with Crippen molar-refractivity contribution < 1.29 is 9.59 Å². The fourth-order valence-corrected chi connectivity index (χ4v) is 13.9. The smallest absolute Gasteiger partial charge is 0.194 e. The van der Waals surface area contributed by atoms with Gasteiger partial charge in [0.2, 0.25) is 0 Å². The molecule has 2 unspecified atom stereocenters. The van der Waals surface area contributed by atoms with Gasteiger partial charge in [0.25, 0.3) is 0 Å². The van der Waals surface area contributed by atoms with E-state index in [1.807, 2.05) is 91.0 Å². The molecule has 0 heterocycles. The van der Waals surface area contributed by atoms with E-state index >= 15 is 0 Å². The number of carbonyl (C=O) groups excluding carboxylic acids is 2. The Kier molecular flexibility index (Phi) is 6.11. The SMILES string of the molecule is O=C1c2ccc3ccc4c5c6c7c(ccc8c(c2c3c4c78)=C2C=CC=CC12)C=CC6C(=O)c1ccccc1-5.O=c1c2cccc3c4cccc5c(=O)c6cccc7c8cccc1c8c(c23)c(c54)c67. The highest BCUT2D eigenvalue weighted by Crippen LogP contribution is 2.55. The van der Waals surface area contributed by atoms with Crippen LogP contribution in [0.15, 0.2) is 173 Å². The normalized spacial score (nSPS) is 17.1. The van der Waals surface area contributed by atoms with Crippen molar-refractivity contribution in [3.63, 3.8) is 0 Å². The van der Waals surface area contributed by atoms with E-state index in [1.165, 1.54) is 43.1 Å². The van der Waals surface area contributed by atoms with Crippen molar-refractivity contribution in [3.8, 4) is 11.1 Å². The van der Waals surface area contributed by atoms with Crippen LogP contribution >= 0.6 is 0 Å². The first-order chi connectivity index (χ1) is 33.5. The summed E-state index contributed by atoms with van der Waals surface area (Å²) in [6.07, 6.45) is 12.4. The Labute approximate surface area is 384 Å². The van der Waals surface area contributed by atoms with E-state index in [1.54, 1.807) is 0 Å². The summed E-state index contributed by atoms with van der Waals surface area (Å²) in [7, 11) is 0. The van der Waals surface area contributed by atoms with Crippen molar-refractivity contribution in [3.05, 3.63) is 212 Å². The van der Waals surface area contributed by atoms with Crippen molar-refractivity contribution in [2.45, 2.75) is 5.92 Å². The van der Waals surface area contributed by atoms with Gasteiger partial charge in [0.05, 0.1) is 11.8 Å². The highest BCUT2D eigenvalue weighted by molar-refractivity contribution is 6.48. The number of rotatable bonds is 0. The number of hydrogen-bond donors (Lipinski definition) is 0. The minimum Gasteiger partial charge on any atom is -0.293 e. The molecule has 14 aromatic rings. The molecule has 0 radical (unpaired) electrons. The minimum atomic E-state index is -0.286. The van der Waals surface area contributed by atoms with E-state index in [4.69, 9.17) is 0 Å². The molecule has 0 saturated carbocycles. The van der Waals surface area contributed by atoms with Crippen LogP contribution < -0.4 is 16.1 Å². The van der Waals surface area contributed by atoms with Gasteiger partial charge < -0.3 is 0 Å². The van der Waals surface area contributed by atoms with Gasteiger partial charge in [-0.15, -0.1) is 0 Å². The van der Waals surface area contributed by atoms with Crippen molar-refractivity contribution in [1.29, 1.82) is 0 Å². The monoisotopic (exact) mass is 862 g/mol.